The summed E-state index contributed by atoms with van der Waals surface area (Å²) in [6.45, 7) is 9.02. The Morgan fingerprint density at radius 2 is 1.85 bits per heavy atom. The number of hydrogen-bond donors (Lipinski definition) is 2. The summed E-state index contributed by atoms with van der Waals surface area (Å²) < 4.78 is 1.24. The molecule has 0 radical (unpaired) electrons. The monoisotopic (exact) mass is 283 g/mol. The summed E-state index contributed by atoms with van der Waals surface area (Å²) in [6.07, 6.45) is 0.728. The zero-order valence-electron chi connectivity index (χ0n) is 12.9. The summed E-state index contributed by atoms with van der Waals surface area (Å²) in [5, 5.41) is 10.1. The van der Waals surface area contributed by atoms with E-state index in [4.69, 9.17) is 0 Å². The highest BCUT2D eigenvalue weighted by molar-refractivity contribution is 5.25. The molecule has 6 nitrogen and oxygen atoms in total. The lowest BCUT2D eigenvalue weighted by atomic mass is 10.1. The van der Waals surface area contributed by atoms with Gasteiger partial charge in [-0.1, -0.05) is 13.8 Å². The smallest absolute Gasteiger partial charge is 0.331 e. The Bertz CT molecular complexity index is 558. The molecule has 0 unspecified atom stereocenters. The van der Waals surface area contributed by atoms with Crippen molar-refractivity contribution in [2.45, 2.75) is 52.6 Å². The Morgan fingerprint density at radius 1 is 1.25 bits per heavy atom. The molecular formula is C14H25N3O3. The van der Waals surface area contributed by atoms with Crippen LogP contribution in [0.2, 0.25) is 0 Å². The number of nitrogens with zero attached hydrogens (tertiary/aromatic N) is 2. The zero-order chi connectivity index (χ0) is 15.4. The van der Waals surface area contributed by atoms with Gasteiger partial charge in [0.1, 0.15) is 0 Å². The average molecular weight is 283 g/mol. The van der Waals surface area contributed by atoms with Crippen molar-refractivity contribution in [3.05, 3.63) is 26.4 Å². The lowest BCUT2D eigenvalue weighted by Crippen LogP contribution is -2.34. The first-order chi connectivity index (χ1) is 9.25. The van der Waals surface area contributed by atoms with Crippen LogP contribution < -0.4 is 11.2 Å². The Labute approximate surface area is 119 Å². The zero-order valence-corrected chi connectivity index (χ0v) is 12.9. The van der Waals surface area contributed by atoms with Crippen molar-refractivity contribution >= 4 is 0 Å². The molecule has 0 amide bonds. The molecule has 1 rings (SSSR count). The third-order valence-corrected chi connectivity index (χ3v) is 3.56. The Morgan fingerprint density at radius 3 is 2.35 bits per heavy atom. The third-order valence-electron chi connectivity index (χ3n) is 3.56. The molecule has 0 saturated carbocycles. The number of aromatic hydroxyl groups is 1. The van der Waals surface area contributed by atoms with Crippen molar-refractivity contribution in [1.29, 1.82) is 0 Å². The molecule has 2 N–H and O–H groups in total. The molecule has 0 aliphatic heterocycles. The van der Waals surface area contributed by atoms with Crippen LogP contribution in [-0.4, -0.2) is 39.2 Å². The summed E-state index contributed by atoms with van der Waals surface area (Å²) in [7, 11) is 2.01. The number of nitrogens with one attached hydrogen (secondary N) is 1. The summed E-state index contributed by atoms with van der Waals surface area (Å²) >= 11 is 0. The third kappa shape index (κ3) is 3.72. The van der Waals surface area contributed by atoms with E-state index in [0.29, 0.717) is 12.6 Å². The van der Waals surface area contributed by atoms with Gasteiger partial charge in [0, 0.05) is 12.6 Å². The van der Waals surface area contributed by atoms with Crippen LogP contribution in [0.25, 0.3) is 0 Å². The molecule has 0 aliphatic carbocycles. The maximum absolute atomic E-state index is 11.8. The van der Waals surface area contributed by atoms with Crippen LogP contribution in [-0.2, 0) is 6.54 Å². The Hall–Kier alpha value is -1.56. The lowest BCUT2D eigenvalue weighted by molar-refractivity contribution is 0.261. The number of aromatic nitrogens is 2. The minimum Gasteiger partial charge on any atom is -0.494 e. The van der Waals surface area contributed by atoms with Gasteiger partial charge in [0.05, 0.1) is 5.56 Å². The SMILES string of the molecule is CC(C)c1c(O)n(CCCN(C)C(C)C)c(=O)[nH]c1=O. The highest BCUT2D eigenvalue weighted by atomic mass is 16.3. The molecule has 0 atom stereocenters. The van der Waals surface area contributed by atoms with Crippen LogP contribution in [0.4, 0.5) is 0 Å². The fourth-order valence-corrected chi connectivity index (χ4v) is 2.04. The molecule has 6 heteroatoms. The first-order valence-electron chi connectivity index (χ1n) is 7.02. The predicted molar refractivity (Wildman–Crippen MR) is 79.5 cm³/mol. The Balaban J connectivity index is 2.94. The normalized spacial score (nSPS) is 11.8. The summed E-state index contributed by atoms with van der Waals surface area (Å²) in [5.74, 6) is -0.343. The number of hydrogen-bond acceptors (Lipinski definition) is 4. The largest absolute Gasteiger partial charge is 0.494 e. The highest BCUT2D eigenvalue weighted by Gasteiger charge is 2.16. The molecule has 0 spiro atoms. The van der Waals surface area contributed by atoms with Crippen LogP contribution in [0, 0.1) is 0 Å². The van der Waals surface area contributed by atoms with Gasteiger partial charge in [-0.15, -0.1) is 0 Å². The first kappa shape index (κ1) is 16.5. The van der Waals surface area contributed by atoms with E-state index in [9.17, 15) is 14.7 Å². The quantitative estimate of drug-likeness (QED) is 0.819. The maximum atomic E-state index is 11.8. The van der Waals surface area contributed by atoms with E-state index in [1.165, 1.54) is 4.57 Å². The van der Waals surface area contributed by atoms with Gasteiger partial charge >= 0.3 is 5.69 Å². The number of rotatable bonds is 6. The molecule has 0 saturated heterocycles. The summed E-state index contributed by atoms with van der Waals surface area (Å²) in [5.41, 5.74) is -0.788. The van der Waals surface area contributed by atoms with Gasteiger partial charge in [0.25, 0.3) is 5.56 Å². The van der Waals surface area contributed by atoms with Crippen LogP contribution in [0.1, 0.15) is 45.6 Å². The van der Waals surface area contributed by atoms with Crippen LogP contribution in [0.5, 0.6) is 5.88 Å². The van der Waals surface area contributed by atoms with E-state index in [2.05, 4.69) is 23.7 Å². The van der Waals surface area contributed by atoms with E-state index in [1.807, 2.05) is 20.9 Å². The number of aromatic amines is 1. The predicted octanol–water partition coefficient (Wildman–Crippen LogP) is 1.10. The van der Waals surface area contributed by atoms with Crippen molar-refractivity contribution in [2.24, 2.45) is 0 Å². The topological polar surface area (TPSA) is 78.3 Å². The second kappa shape index (κ2) is 6.74. The van der Waals surface area contributed by atoms with Crippen molar-refractivity contribution in [3.8, 4) is 5.88 Å². The van der Waals surface area contributed by atoms with Gasteiger partial charge in [-0.3, -0.25) is 14.3 Å². The van der Waals surface area contributed by atoms with Crippen LogP contribution >= 0.6 is 0 Å². The van der Waals surface area contributed by atoms with Gasteiger partial charge in [0.15, 0.2) is 0 Å². The van der Waals surface area contributed by atoms with Crippen LogP contribution in [0.15, 0.2) is 9.59 Å². The summed E-state index contributed by atoms with van der Waals surface area (Å²) in [6, 6.07) is 0.433. The average Bonchev–Trinajstić information content (AvgIpc) is 2.31. The van der Waals surface area contributed by atoms with E-state index < -0.39 is 11.2 Å². The van der Waals surface area contributed by atoms with E-state index in [0.717, 1.165) is 13.0 Å². The molecule has 114 valence electrons. The standard InChI is InChI=1S/C14H25N3O3/c1-9(2)11-12(18)15-14(20)17(13(11)19)8-6-7-16(5)10(3)4/h9-10,19H,6-8H2,1-5H3,(H,15,18,20). The fraction of sp³-hybridized carbons (Fsp3) is 0.714. The van der Waals surface area contributed by atoms with Gasteiger partial charge < -0.3 is 10.0 Å². The second-order valence-corrected chi connectivity index (χ2v) is 5.73. The van der Waals surface area contributed by atoms with E-state index >= 15 is 0 Å². The first-order valence-corrected chi connectivity index (χ1v) is 7.02. The molecule has 0 fully saturated rings. The molecule has 20 heavy (non-hydrogen) atoms. The van der Waals surface area contributed by atoms with Crippen molar-refractivity contribution in [1.82, 2.24) is 14.5 Å². The molecule has 1 aromatic heterocycles. The van der Waals surface area contributed by atoms with Crippen molar-refractivity contribution < 1.29 is 5.11 Å². The lowest BCUT2D eigenvalue weighted by Gasteiger charge is -2.21. The minimum absolute atomic E-state index is 0.135. The second-order valence-electron chi connectivity index (χ2n) is 5.73. The van der Waals surface area contributed by atoms with Gasteiger partial charge in [0.2, 0.25) is 5.88 Å². The highest BCUT2D eigenvalue weighted by Crippen LogP contribution is 2.19. The van der Waals surface area contributed by atoms with Gasteiger partial charge in [-0.05, 0) is 39.8 Å². The van der Waals surface area contributed by atoms with E-state index in [-0.39, 0.29) is 17.4 Å². The fourth-order valence-electron chi connectivity index (χ4n) is 2.04. The Kier molecular flexibility index (Phi) is 5.56. The molecule has 1 heterocycles. The molecule has 0 aliphatic rings. The molecule has 1 aromatic rings. The molecule has 0 bridgehead atoms. The minimum atomic E-state index is -0.552. The van der Waals surface area contributed by atoms with Gasteiger partial charge in [-0.2, -0.15) is 0 Å². The van der Waals surface area contributed by atoms with Gasteiger partial charge in [-0.25, -0.2) is 4.79 Å². The van der Waals surface area contributed by atoms with Crippen molar-refractivity contribution in [3.63, 3.8) is 0 Å². The molecular weight excluding hydrogens is 258 g/mol. The molecule has 0 aromatic carbocycles. The maximum Gasteiger partial charge on any atom is 0.331 e. The summed E-state index contributed by atoms with van der Waals surface area (Å²) in [4.78, 5) is 27.9. The number of H-pyrrole nitrogens is 1. The van der Waals surface area contributed by atoms with Crippen LogP contribution in [0.3, 0.4) is 0 Å². The van der Waals surface area contributed by atoms with E-state index in [1.54, 1.807) is 0 Å². The van der Waals surface area contributed by atoms with Crippen molar-refractivity contribution in [2.75, 3.05) is 13.6 Å².